The first-order valence-corrected chi connectivity index (χ1v) is 5.03. The minimum atomic E-state index is -0.518. The van der Waals surface area contributed by atoms with Gasteiger partial charge in [-0.05, 0) is 12.1 Å². The summed E-state index contributed by atoms with van der Waals surface area (Å²) in [6, 6.07) is 2.98. The Morgan fingerprint density at radius 2 is 2.13 bits per heavy atom. The first kappa shape index (κ1) is 12.2. The Morgan fingerprint density at radius 1 is 1.47 bits per heavy atom. The van der Waals surface area contributed by atoms with Gasteiger partial charge < -0.3 is 5.32 Å². The van der Waals surface area contributed by atoms with Crippen LogP contribution in [0.3, 0.4) is 0 Å². The lowest BCUT2D eigenvalue weighted by Crippen LogP contribution is -2.30. The van der Waals surface area contributed by atoms with Crippen LogP contribution < -0.4 is 16.6 Å². The van der Waals surface area contributed by atoms with Crippen LogP contribution in [-0.2, 0) is 0 Å². The monoisotopic (exact) mass is 263 g/mol. The molecule has 0 heterocycles. The van der Waals surface area contributed by atoms with Gasteiger partial charge >= 0.3 is 0 Å². The van der Waals surface area contributed by atoms with Crippen molar-refractivity contribution in [2.75, 3.05) is 5.32 Å². The van der Waals surface area contributed by atoms with Gasteiger partial charge in [-0.3, -0.25) is 10.2 Å². The molecule has 0 aliphatic heterocycles. The molecule has 15 heavy (non-hydrogen) atoms. The van der Waals surface area contributed by atoms with E-state index in [2.05, 4.69) is 17.5 Å². The highest BCUT2D eigenvalue weighted by atomic mass is 35.5. The van der Waals surface area contributed by atoms with E-state index in [1.165, 1.54) is 17.6 Å². The summed E-state index contributed by atoms with van der Waals surface area (Å²) in [5.41, 5.74) is 3.84. The number of rotatable bonds is 3. The minimum absolute atomic E-state index is 0.199. The fourth-order valence-electron chi connectivity index (χ4n) is 1.05. The van der Waals surface area contributed by atoms with Gasteiger partial charge in [-0.25, -0.2) is 5.84 Å². The zero-order chi connectivity index (χ0) is 11.4. The van der Waals surface area contributed by atoms with Gasteiger partial charge in [0.1, 0.15) is 0 Å². The summed E-state index contributed by atoms with van der Waals surface area (Å²) in [7, 11) is 0. The topological polar surface area (TPSA) is 67.1 Å². The highest BCUT2D eigenvalue weighted by Crippen LogP contribution is 2.28. The molecule has 4 N–H and O–H groups in total. The molecule has 0 radical (unpaired) electrons. The van der Waals surface area contributed by atoms with Crippen molar-refractivity contribution in [1.29, 1.82) is 0 Å². The average molecular weight is 264 g/mol. The number of carbonyl (C=O) groups excluding carboxylic acids is 1. The van der Waals surface area contributed by atoms with Crippen molar-refractivity contribution in [3.8, 4) is 0 Å². The van der Waals surface area contributed by atoms with Crippen molar-refractivity contribution < 1.29 is 4.79 Å². The largest absolute Gasteiger partial charge is 0.352 e. The smallest absolute Gasteiger partial charge is 0.268 e. The van der Waals surface area contributed by atoms with Crippen LogP contribution in [0, 0.1) is 0 Å². The quantitative estimate of drug-likeness (QED) is 0.338. The predicted octanol–water partition coefficient (Wildman–Crippen LogP) is 1.97. The maximum Gasteiger partial charge on any atom is 0.268 e. The van der Waals surface area contributed by atoms with E-state index in [4.69, 9.17) is 29.0 Å². The van der Waals surface area contributed by atoms with Gasteiger partial charge in [0.15, 0.2) is 0 Å². The Bertz CT molecular complexity index is 411. The number of thiocarbonyl (C=S) groups is 1. The van der Waals surface area contributed by atoms with Gasteiger partial charge in [-0.15, -0.1) is 0 Å². The number of nitrogens with two attached hydrogens (primary N) is 1. The van der Waals surface area contributed by atoms with Crippen LogP contribution in [-0.4, -0.2) is 11.4 Å². The molecule has 0 aliphatic rings. The number of hydrogen-bond donors (Lipinski definition) is 3. The number of amides is 1. The van der Waals surface area contributed by atoms with E-state index < -0.39 is 5.91 Å². The molecule has 1 amide bonds. The van der Waals surface area contributed by atoms with E-state index in [9.17, 15) is 4.79 Å². The van der Waals surface area contributed by atoms with Crippen molar-refractivity contribution >= 4 is 52.5 Å². The fourth-order valence-corrected chi connectivity index (χ4v) is 1.76. The minimum Gasteiger partial charge on any atom is -0.352 e. The third-order valence-electron chi connectivity index (χ3n) is 1.63. The molecule has 0 spiro atoms. The summed E-state index contributed by atoms with van der Waals surface area (Å²) >= 11 is 16.2. The molecule has 4 nitrogen and oxygen atoms in total. The highest BCUT2D eigenvalue weighted by molar-refractivity contribution is 7.79. The second kappa shape index (κ2) is 5.27. The average Bonchev–Trinajstić information content (AvgIpc) is 2.16. The summed E-state index contributed by atoms with van der Waals surface area (Å²) in [6.45, 7) is 0. The van der Waals surface area contributed by atoms with Gasteiger partial charge in [0, 0.05) is 5.02 Å². The summed E-state index contributed by atoms with van der Waals surface area (Å²) in [6.07, 6.45) is 0. The highest BCUT2D eigenvalue weighted by Gasteiger charge is 2.15. The Morgan fingerprint density at radius 3 is 2.67 bits per heavy atom. The van der Waals surface area contributed by atoms with Crippen LogP contribution in [0.4, 0.5) is 5.69 Å². The van der Waals surface area contributed by atoms with Crippen LogP contribution in [0.25, 0.3) is 0 Å². The normalized spacial score (nSPS) is 9.53. The zero-order valence-corrected chi connectivity index (χ0v) is 9.71. The molecule has 1 rings (SSSR count). The van der Waals surface area contributed by atoms with Gasteiger partial charge in [-0.2, -0.15) is 0 Å². The van der Waals surface area contributed by atoms with Crippen molar-refractivity contribution in [1.82, 2.24) is 5.43 Å². The Labute approximate surface area is 102 Å². The number of benzene rings is 1. The molecule has 0 unspecified atom stereocenters. The number of nitrogen functional groups attached to an aromatic ring is 1. The Balaban J connectivity index is 3.32. The molecule has 0 aromatic heterocycles. The number of anilines is 1. The third-order valence-corrected chi connectivity index (χ3v) is 2.26. The van der Waals surface area contributed by atoms with Crippen LogP contribution >= 0.6 is 35.4 Å². The van der Waals surface area contributed by atoms with E-state index in [-0.39, 0.29) is 10.6 Å². The lowest BCUT2D eigenvalue weighted by molar-refractivity contribution is 0.0954. The number of carbonyl (C=O) groups is 1. The summed E-state index contributed by atoms with van der Waals surface area (Å²) in [5.74, 6) is 4.50. The van der Waals surface area contributed by atoms with Crippen LogP contribution in [0.15, 0.2) is 12.1 Å². The van der Waals surface area contributed by atoms with Crippen molar-refractivity contribution in [2.45, 2.75) is 0 Å². The van der Waals surface area contributed by atoms with Crippen LogP contribution in [0.2, 0.25) is 10.0 Å². The summed E-state index contributed by atoms with van der Waals surface area (Å²) in [4.78, 5) is 11.4. The molecule has 7 heteroatoms. The van der Waals surface area contributed by atoms with Gasteiger partial charge in [-0.1, -0.05) is 35.4 Å². The maximum absolute atomic E-state index is 11.4. The Kier molecular flexibility index (Phi) is 4.28. The number of halogens is 2. The standard InChI is InChI=1S/C8H7Cl2N3OS/c9-4-1-5(10)7(8(14)13-11)6(2-4)12-3-15/h1-3H,11H2,(H,12,15)(H,13,14). The molecule has 0 saturated heterocycles. The number of hydrazine groups is 1. The molecule has 0 bridgehead atoms. The Hall–Kier alpha value is -0.880. The molecule has 0 atom stereocenters. The molecule has 0 fully saturated rings. The van der Waals surface area contributed by atoms with Crippen LogP contribution in [0.1, 0.15) is 10.4 Å². The SMILES string of the molecule is NNC(=O)c1c(Cl)cc(Cl)cc1NC=S. The van der Waals surface area contributed by atoms with Crippen molar-refractivity contribution in [3.63, 3.8) is 0 Å². The number of hydrogen-bond acceptors (Lipinski definition) is 3. The predicted molar refractivity (Wildman–Crippen MR) is 65.4 cm³/mol. The fraction of sp³-hybridized carbons (Fsp3) is 0. The third kappa shape index (κ3) is 2.79. The van der Waals surface area contributed by atoms with Crippen LogP contribution in [0.5, 0.6) is 0 Å². The first-order valence-electron chi connectivity index (χ1n) is 3.80. The van der Waals surface area contributed by atoms with E-state index in [1.807, 2.05) is 5.43 Å². The first-order chi connectivity index (χ1) is 7.10. The molecule has 0 aliphatic carbocycles. The van der Waals surface area contributed by atoms with E-state index >= 15 is 0 Å². The second-order valence-electron chi connectivity index (χ2n) is 2.55. The molecular weight excluding hydrogens is 257 g/mol. The molecular formula is C8H7Cl2N3OS. The summed E-state index contributed by atoms with van der Waals surface area (Å²) in [5, 5.41) is 3.27. The van der Waals surface area contributed by atoms with Crippen molar-refractivity contribution in [2.24, 2.45) is 5.84 Å². The maximum atomic E-state index is 11.4. The molecule has 1 aromatic rings. The van der Waals surface area contributed by atoms with Gasteiger partial charge in [0.2, 0.25) is 0 Å². The molecule has 1 aromatic carbocycles. The van der Waals surface area contributed by atoms with Crippen molar-refractivity contribution in [3.05, 3.63) is 27.7 Å². The summed E-state index contributed by atoms with van der Waals surface area (Å²) < 4.78 is 0. The van der Waals surface area contributed by atoms with Gasteiger partial charge in [0.25, 0.3) is 5.91 Å². The zero-order valence-electron chi connectivity index (χ0n) is 7.38. The lowest BCUT2D eigenvalue weighted by Gasteiger charge is -2.09. The van der Waals surface area contributed by atoms with E-state index in [0.717, 1.165) is 0 Å². The van der Waals surface area contributed by atoms with Gasteiger partial charge in [0.05, 0.1) is 21.8 Å². The van der Waals surface area contributed by atoms with E-state index in [0.29, 0.717) is 10.7 Å². The number of nitrogens with one attached hydrogen (secondary N) is 2. The second-order valence-corrected chi connectivity index (χ2v) is 3.63. The lowest BCUT2D eigenvalue weighted by atomic mass is 10.1. The molecule has 80 valence electrons. The molecule has 0 saturated carbocycles. The van der Waals surface area contributed by atoms with E-state index in [1.54, 1.807) is 0 Å².